The van der Waals surface area contributed by atoms with Crippen LogP contribution in [0.25, 0.3) is 0 Å². The maximum absolute atomic E-state index is 11.7. The minimum atomic E-state index is -0.0715. The number of carbonyl (C=O) groups excluding carboxylic acids is 1. The van der Waals surface area contributed by atoms with E-state index < -0.39 is 0 Å². The number of hydrogen-bond donors (Lipinski definition) is 2. The summed E-state index contributed by atoms with van der Waals surface area (Å²) in [4.78, 5) is 11.7. The van der Waals surface area contributed by atoms with Crippen LogP contribution in [-0.2, 0) is 17.9 Å². The molecular weight excluding hydrogens is 288 g/mol. The molecule has 2 N–H and O–H groups in total. The van der Waals surface area contributed by atoms with E-state index in [0.717, 1.165) is 36.3 Å². The SMILES string of the molecule is O=C1NCCC[C@@H]1NCc1ccc(OCc2ccccc2)cc1. The smallest absolute Gasteiger partial charge is 0.237 e. The average Bonchev–Trinajstić information content (AvgIpc) is 2.61. The molecule has 1 atom stereocenters. The number of carbonyl (C=O) groups is 1. The molecule has 3 rings (SSSR count). The Morgan fingerprint density at radius 3 is 2.57 bits per heavy atom. The Labute approximate surface area is 136 Å². The summed E-state index contributed by atoms with van der Waals surface area (Å²) in [6.07, 6.45) is 1.94. The maximum atomic E-state index is 11.7. The van der Waals surface area contributed by atoms with Gasteiger partial charge in [0.1, 0.15) is 12.4 Å². The zero-order valence-electron chi connectivity index (χ0n) is 13.1. The van der Waals surface area contributed by atoms with Crippen molar-refractivity contribution >= 4 is 5.91 Å². The second-order valence-electron chi connectivity index (χ2n) is 5.78. The molecule has 0 radical (unpaired) electrons. The fraction of sp³-hybridized carbons (Fsp3) is 0.316. The fourth-order valence-corrected chi connectivity index (χ4v) is 2.65. The van der Waals surface area contributed by atoms with Gasteiger partial charge in [-0.15, -0.1) is 0 Å². The van der Waals surface area contributed by atoms with Gasteiger partial charge in [-0.3, -0.25) is 4.79 Å². The predicted molar refractivity (Wildman–Crippen MR) is 90.1 cm³/mol. The van der Waals surface area contributed by atoms with Crippen LogP contribution in [0.5, 0.6) is 5.75 Å². The second-order valence-corrected chi connectivity index (χ2v) is 5.78. The highest BCUT2D eigenvalue weighted by atomic mass is 16.5. The topological polar surface area (TPSA) is 50.4 Å². The first-order chi connectivity index (χ1) is 11.3. The van der Waals surface area contributed by atoms with Crippen molar-refractivity contribution in [2.24, 2.45) is 0 Å². The van der Waals surface area contributed by atoms with Crippen LogP contribution in [0.1, 0.15) is 24.0 Å². The van der Waals surface area contributed by atoms with Crippen molar-refractivity contribution in [2.75, 3.05) is 6.54 Å². The molecule has 0 spiro atoms. The fourth-order valence-electron chi connectivity index (χ4n) is 2.65. The van der Waals surface area contributed by atoms with Crippen molar-refractivity contribution < 1.29 is 9.53 Å². The molecule has 0 aromatic heterocycles. The summed E-state index contributed by atoms with van der Waals surface area (Å²) in [5.74, 6) is 0.965. The normalized spacial score (nSPS) is 17.6. The van der Waals surface area contributed by atoms with Gasteiger partial charge in [-0.1, -0.05) is 42.5 Å². The van der Waals surface area contributed by atoms with Crippen LogP contribution in [0.4, 0.5) is 0 Å². The van der Waals surface area contributed by atoms with Gasteiger partial charge in [0.25, 0.3) is 0 Å². The number of amides is 1. The summed E-state index contributed by atoms with van der Waals surface area (Å²) >= 11 is 0. The zero-order chi connectivity index (χ0) is 15.9. The zero-order valence-corrected chi connectivity index (χ0v) is 13.1. The van der Waals surface area contributed by atoms with Gasteiger partial charge in [-0.05, 0) is 36.1 Å². The molecule has 1 aliphatic heterocycles. The third-order valence-electron chi connectivity index (χ3n) is 4.01. The van der Waals surface area contributed by atoms with Gasteiger partial charge in [0.15, 0.2) is 0 Å². The van der Waals surface area contributed by atoms with E-state index in [4.69, 9.17) is 4.74 Å². The Morgan fingerprint density at radius 2 is 1.83 bits per heavy atom. The van der Waals surface area contributed by atoms with Crippen LogP contribution in [0.3, 0.4) is 0 Å². The maximum Gasteiger partial charge on any atom is 0.237 e. The minimum absolute atomic E-state index is 0.0715. The highest BCUT2D eigenvalue weighted by Crippen LogP contribution is 2.14. The van der Waals surface area contributed by atoms with Crippen molar-refractivity contribution in [3.63, 3.8) is 0 Å². The van der Waals surface area contributed by atoms with E-state index in [1.807, 2.05) is 54.6 Å². The van der Waals surface area contributed by atoms with Crippen LogP contribution >= 0.6 is 0 Å². The molecule has 1 aliphatic rings. The molecule has 0 bridgehead atoms. The van der Waals surface area contributed by atoms with Gasteiger partial charge in [0.2, 0.25) is 5.91 Å². The highest BCUT2D eigenvalue weighted by Gasteiger charge is 2.20. The molecule has 2 aromatic rings. The summed E-state index contributed by atoms with van der Waals surface area (Å²) in [6.45, 7) is 2.06. The van der Waals surface area contributed by atoms with E-state index in [-0.39, 0.29) is 11.9 Å². The Morgan fingerprint density at radius 1 is 1.04 bits per heavy atom. The second kappa shape index (κ2) is 7.79. The van der Waals surface area contributed by atoms with Crippen molar-refractivity contribution in [1.29, 1.82) is 0 Å². The standard InChI is InChI=1S/C19H22N2O2/c22-19-18(7-4-12-20-19)21-13-15-8-10-17(11-9-15)23-14-16-5-2-1-3-6-16/h1-3,5-6,8-11,18,21H,4,7,12-14H2,(H,20,22)/t18-/m0/s1. The molecule has 0 aliphatic carbocycles. The first-order valence-electron chi connectivity index (χ1n) is 8.08. The first kappa shape index (κ1) is 15.6. The number of ether oxygens (including phenoxy) is 1. The van der Waals surface area contributed by atoms with Gasteiger partial charge >= 0.3 is 0 Å². The lowest BCUT2D eigenvalue weighted by Gasteiger charge is -2.22. The van der Waals surface area contributed by atoms with Crippen molar-refractivity contribution in [2.45, 2.75) is 32.0 Å². The van der Waals surface area contributed by atoms with Crippen LogP contribution in [0.2, 0.25) is 0 Å². The molecule has 1 amide bonds. The lowest BCUT2D eigenvalue weighted by atomic mass is 10.1. The van der Waals surface area contributed by atoms with E-state index in [9.17, 15) is 4.79 Å². The summed E-state index contributed by atoms with van der Waals surface area (Å²) in [7, 11) is 0. The van der Waals surface area contributed by atoms with Crippen LogP contribution < -0.4 is 15.4 Å². The molecule has 0 saturated carbocycles. The summed E-state index contributed by atoms with van der Waals surface area (Å²) < 4.78 is 5.77. The number of nitrogens with one attached hydrogen (secondary N) is 2. The Kier molecular flexibility index (Phi) is 5.27. The van der Waals surface area contributed by atoms with Crippen LogP contribution in [0.15, 0.2) is 54.6 Å². The lowest BCUT2D eigenvalue weighted by Crippen LogP contribution is -2.47. The van der Waals surface area contributed by atoms with Crippen molar-refractivity contribution in [3.8, 4) is 5.75 Å². The quantitative estimate of drug-likeness (QED) is 0.862. The Balaban J connectivity index is 1.48. The average molecular weight is 310 g/mol. The predicted octanol–water partition coefficient (Wildman–Crippen LogP) is 2.63. The number of benzene rings is 2. The van der Waals surface area contributed by atoms with Gasteiger partial charge in [0.05, 0.1) is 6.04 Å². The number of piperidine rings is 1. The van der Waals surface area contributed by atoms with Gasteiger partial charge < -0.3 is 15.4 Å². The van der Waals surface area contributed by atoms with Gasteiger partial charge in [-0.25, -0.2) is 0 Å². The molecule has 4 heteroatoms. The molecule has 1 saturated heterocycles. The van der Waals surface area contributed by atoms with E-state index in [1.54, 1.807) is 0 Å². The van der Waals surface area contributed by atoms with E-state index >= 15 is 0 Å². The summed E-state index contributed by atoms with van der Waals surface area (Å²) in [6, 6.07) is 18.1. The summed E-state index contributed by atoms with van der Waals surface area (Å²) in [5, 5.41) is 6.20. The third-order valence-corrected chi connectivity index (χ3v) is 4.01. The van der Waals surface area contributed by atoms with Gasteiger partial charge in [-0.2, -0.15) is 0 Å². The molecule has 1 heterocycles. The Bertz CT molecular complexity index is 626. The highest BCUT2D eigenvalue weighted by molar-refractivity contribution is 5.82. The van der Waals surface area contributed by atoms with E-state index in [0.29, 0.717) is 13.2 Å². The largest absolute Gasteiger partial charge is 0.489 e. The molecule has 1 fully saturated rings. The van der Waals surface area contributed by atoms with Crippen molar-refractivity contribution in [1.82, 2.24) is 10.6 Å². The monoisotopic (exact) mass is 310 g/mol. The third kappa shape index (κ3) is 4.57. The van der Waals surface area contributed by atoms with Gasteiger partial charge in [0, 0.05) is 13.1 Å². The first-order valence-corrected chi connectivity index (χ1v) is 8.08. The van der Waals surface area contributed by atoms with E-state index in [2.05, 4.69) is 10.6 Å². The van der Waals surface area contributed by atoms with Crippen LogP contribution in [0, 0.1) is 0 Å². The molecule has 4 nitrogen and oxygen atoms in total. The number of rotatable bonds is 6. The summed E-state index contributed by atoms with van der Waals surface area (Å²) in [5.41, 5.74) is 2.30. The molecular formula is C19H22N2O2. The Hall–Kier alpha value is -2.33. The molecule has 23 heavy (non-hydrogen) atoms. The molecule has 120 valence electrons. The molecule has 0 unspecified atom stereocenters. The molecule has 2 aromatic carbocycles. The number of hydrogen-bond acceptors (Lipinski definition) is 3. The minimum Gasteiger partial charge on any atom is -0.489 e. The van der Waals surface area contributed by atoms with Crippen molar-refractivity contribution in [3.05, 3.63) is 65.7 Å². The lowest BCUT2D eigenvalue weighted by molar-refractivity contribution is -0.124. The van der Waals surface area contributed by atoms with Crippen LogP contribution in [-0.4, -0.2) is 18.5 Å². The van der Waals surface area contributed by atoms with E-state index in [1.165, 1.54) is 0 Å².